The van der Waals surface area contributed by atoms with Gasteiger partial charge in [0.2, 0.25) is 0 Å². The molecule has 0 N–H and O–H groups in total. The van der Waals surface area contributed by atoms with Gasteiger partial charge in [-0.2, -0.15) is 0 Å². The Morgan fingerprint density at radius 2 is 2.00 bits per heavy atom. The number of nitrogens with zero attached hydrogens (tertiary/aromatic N) is 3. The lowest BCUT2D eigenvalue weighted by atomic mass is 10.2. The van der Waals surface area contributed by atoms with Crippen LogP contribution in [0.2, 0.25) is 5.02 Å². The van der Waals surface area contributed by atoms with Crippen molar-refractivity contribution in [2.24, 2.45) is 0 Å². The zero-order chi connectivity index (χ0) is 15.3. The molecule has 0 unspecified atom stereocenters. The molecule has 2 atom stereocenters. The van der Waals surface area contributed by atoms with Crippen LogP contribution in [0.15, 0.2) is 24.3 Å². The van der Waals surface area contributed by atoms with Gasteiger partial charge in [0.05, 0.1) is 6.04 Å². The average Bonchev–Trinajstić information content (AvgIpc) is 3.19. The number of halogens is 1. The minimum absolute atomic E-state index is 0.000411. The van der Waals surface area contributed by atoms with Crippen LogP contribution in [0.1, 0.15) is 19.3 Å². The van der Waals surface area contributed by atoms with Gasteiger partial charge in [0, 0.05) is 30.3 Å². The molecule has 0 saturated carbocycles. The predicted octanol–water partition coefficient (Wildman–Crippen LogP) is 2.35. The van der Waals surface area contributed by atoms with Crippen molar-refractivity contribution in [2.75, 3.05) is 24.5 Å². The normalized spacial score (nSPS) is 28.0. The minimum atomic E-state index is -0.201. The van der Waals surface area contributed by atoms with Crippen LogP contribution in [-0.2, 0) is 4.79 Å². The number of hydrogen-bond donors (Lipinski definition) is 0. The topological polar surface area (TPSA) is 43.9 Å². The number of benzene rings is 1. The number of hydrogen-bond acceptors (Lipinski definition) is 3. The highest BCUT2D eigenvalue weighted by Gasteiger charge is 2.50. The number of rotatable bonds is 2. The number of anilines is 1. The number of urea groups is 1. The Labute approximate surface area is 134 Å². The molecule has 0 aliphatic carbocycles. The van der Waals surface area contributed by atoms with Crippen LogP contribution >= 0.6 is 11.6 Å². The maximum atomic E-state index is 12.5. The van der Waals surface area contributed by atoms with Crippen LogP contribution in [0.4, 0.5) is 10.5 Å². The van der Waals surface area contributed by atoms with Crippen LogP contribution in [0.25, 0.3) is 0 Å². The Hall–Kier alpha value is -1.75. The monoisotopic (exact) mass is 319 g/mol. The van der Waals surface area contributed by atoms with Gasteiger partial charge in [-0.3, -0.25) is 9.69 Å². The van der Waals surface area contributed by atoms with Gasteiger partial charge in [-0.25, -0.2) is 4.79 Å². The van der Waals surface area contributed by atoms with Crippen molar-refractivity contribution in [3.05, 3.63) is 29.3 Å². The highest BCUT2D eigenvalue weighted by Crippen LogP contribution is 2.32. The van der Waals surface area contributed by atoms with Gasteiger partial charge in [0.15, 0.2) is 0 Å². The molecule has 3 saturated heterocycles. The summed E-state index contributed by atoms with van der Waals surface area (Å²) in [5, 5.41) is 0.704. The van der Waals surface area contributed by atoms with E-state index in [4.69, 9.17) is 11.6 Å². The summed E-state index contributed by atoms with van der Waals surface area (Å²) >= 11 is 6.05. The lowest BCUT2D eigenvalue weighted by Gasteiger charge is -2.24. The summed E-state index contributed by atoms with van der Waals surface area (Å²) in [6.45, 7) is 2.25. The van der Waals surface area contributed by atoms with E-state index in [1.165, 1.54) is 4.90 Å². The Balaban J connectivity index is 1.51. The van der Waals surface area contributed by atoms with Gasteiger partial charge in [0.25, 0.3) is 5.91 Å². The van der Waals surface area contributed by atoms with Gasteiger partial charge in [0.1, 0.15) is 6.04 Å². The summed E-state index contributed by atoms with van der Waals surface area (Å²) in [6.07, 6.45) is 2.58. The van der Waals surface area contributed by atoms with Crippen molar-refractivity contribution < 1.29 is 9.59 Å². The van der Waals surface area contributed by atoms with E-state index in [1.54, 1.807) is 4.90 Å². The van der Waals surface area contributed by atoms with Crippen molar-refractivity contribution >= 4 is 29.2 Å². The molecule has 3 aliphatic heterocycles. The third-order valence-corrected chi connectivity index (χ3v) is 5.16. The fourth-order valence-electron chi connectivity index (χ4n) is 3.84. The summed E-state index contributed by atoms with van der Waals surface area (Å²) in [5.41, 5.74) is 1.05. The molecular weight excluding hydrogens is 302 g/mol. The van der Waals surface area contributed by atoms with Crippen molar-refractivity contribution in [2.45, 2.75) is 31.3 Å². The summed E-state index contributed by atoms with van der Waals surface area (Å²) in [4.78, 5) is 30.4. The molecule has 1 aromatic rings. The second-order valence-corrected chi connectivity index (χ2v) is 6.65. The molecule has 3 aliphatic rings. The summed E-state index contributed by atoms with van der Waals surface area (Å²) in [5.74, 6) is 0.000411. The largest absolute Gasteiger partial charge is 0.369 e. The first-order valence-corrected chi connectivity index (χ1v) is 8.17. The van der Waals surface area contributed by atoms with E-state index < -0.39 is 0 Å². The molecule has 0 aromatic heterocycles. The van der Waals surface area contributed by atoms with E-state index in [0.717, 1.165) is 38.0 Å². The zero-order valence-electron chi connectivity index (χ0n) is 12.2. The Kier molecular flexibility index (Phi) is 3.26. The van der Waals surface area contributed by atoms with Gasteiger partial charge in [-0.05, 0) is 37.5 Å². The van der Waals surface area contributed by atoms with E-state index in [0.29, 0.717) is 11.6 Å². The molecule has 5 nitrogen and oxygen atoms in total. The standard InChI is InChI=1S/C16H18ClN3O2/c17-11-3-1-4-12(9-11)18-8-6-13(10-18)20-15(21)14-5-2-7-19(14)16(20)22/h1,3-4,9,13-14H,2,5-8,10H2/t13-,14+/m1/s1. The molecular formula is C16H18ClN3O2. The third-order valence-electron chi connectivity index (χ3n) is 4.93. The highest BCUT2D eigenvalue weighted by atomic mass is 35.5. The van der Waals surface area contributed by atoms with Crippen LogP contribution in [-0.4, -0.2) is 53.5 Å². The molecule has 0 bridgehead atoms. The fourth-order valence-corrected chi connectivity index (χ4v) is 4.03. The summed E-state index contributed by atoms with van der Waals surface area (Å²) in [7, 11) is 0. The fraction of sp³-hybridized carbons (Fsp3) is 0.500. The van der Waals surface area contributed by atoms with Crippen molar-refractivity contribution in [1.29, 1.82) is 0 Å². The minimum Gasteiger partial charge on any atom is -0.369 e. The van der Waals surface area contributed by atoms with E-state index in [1.807, 2.05) is 24.3 Å². The van der Waals surface area contributed by atoms with Gasteiger partial charge < -0.3 is 9.80 Å². The molecule has 3 heterocycles. The number of carbonyl (C=O) groups excluding carboxylic acids is 2. The first kappa shape index (κ1) is 13.9. The van der Waals surface area contributed by atoms with Crippen LogP contribution in [0.3, 0.4) is 0 Å². The molecule has 4 rings (SSSR count). The SMILES string of the molecule is O=C1[C@@H]2CCCN2C(=O)N1[C@@H]1CCN(c2cccc(Cl)c2)C1. The van der Waals surface area contributed by atoms with Crippen molar-refractivity contribution in [3.63, 3.8) is 0 Å². The second-order valence-electron chi connectivity index (χ2n) is 6.21. The number of carbonyl (C=O) groups is 2. The van der Waals surface area contributed by atoms with Crippen LogP contribution in [0.5, 0.6) is 0 Å². The molecule has 6 heteroatoms. The molecule has 3 fully saturated rings. The van der Waals surface area contributed by atoms with Gasteiger partial charge >= 0.3 is 6.03 Å². The Morgan fingerprint density at radius 1 is 1.14 bits per heavy atom. The molecule has 0 radical (unpaired) electrons. The van der Waals surface area contributed by atoms with Crippen molar-refractivity contribution in [3.8, 4) is 0 Å². The quantitative estimate of drug-likeness (QED) is 0.786. The van der Waals surface area contributed by atoms with Crippen molar-refractivity contribution in [1.82, 2.24) is 9.80 Å². The lowest BCUT2D eigenvalue weighted by Crippen LogP contribution is -2.43. The summed E-state index contributed by atoms with van der Waals surface area (Å²) in [6, 6.07) is 7.40. The maximum absolute atomic E-state index is 12.5. The second kappa shape index (κ2) is 5.16. The van der Waals surface area contributed by atoms with Gasteiger partial charge in [-0.15, -0.1) is 0 Å². The van der Waals surface area contributed by atoms with Crippen LogP contribution < -0.4 is 4.90 Å². The molecule has 3 amide bonds. The average molecular weight is 320 g/mol. The third kappa shape index (κ3) is 2.07. The first-order valence-electron chi connectivity index (χ1n) is 7.79. The highest BCUT2D eigenvalue weighted by molar-refractivity contribution is 6.30. The summed E-state index contributed by atoms with van der Waals surface area (Å²) < 4.78 is 0. The first-order chi connectivity index (χ1) is 10.6. The van der Waals surface area contributed by atoms with E-state index in [9.17, 15) is 9.59 Å². The Bertz CT molecular complexity index is 614. The smallest absolute Gasteiger partial charge is 0.327 e. The van der Waals surface area contributed by atoms with E-state index >= 15 is 0 Å². The van der Waals surface area contributed by atoms with Gasteiger partial charge in [-0.1, -0.05) is 17.7 Å². The molecule has 0 spiro atoms. The predicted molar refractivity (Wildman–Crippen MR) is 84.0 cm³/mol. The number of imide groups is 1. The molecule has 1 aromatic carbocycles. The number of fused-ring (bicyclic) bond motifs is 1. The molecule has 116 valence electrons. The number of amides is 3. The molecule has 22 heavy (non-hydrogen) atoms. The lowest BCUT2D eigenvalue weighted by molar-refractivity contribution is -0.129. The van der Waals surface area contributed by atoms with Crippen LogP contribution in [0, 0.1) is 0 Å². The van der Waals surface area contributed by atoms with E-state index in [-0.39, 0.29) is 24.0 Å². The van der Waals surface area contributed by atoms with E-state index in [2.05, 4.69) is 4.90 Å². The zero-order valence-corrected chi connectivity index (χ0v) is 13.0. The maximum Gasteiger partial charge on any atom is 0.327 e. The Morgan fingerprint density at radius 3 is 2.77 bits per heavy atom.